The van der Waals surface area contributed by atoms with Crippen LogP contribution in [-0.4, -0.2) is 10.9 Å². The van der Waals surface area contributed by atoms with E-state index in [1.54, 1.807) is 6.07 Å². The number of nitrogens with zero attached hydrogens (tertiary/aromatic N) is 1. The third kappa shape index (κ3) is 3.27. The lowest BCUT2D eigenvalue weighted by Crippen LogP contribution is -2.14. The fourth-order valence-corrected chi connectivity index (χ4v) is 1.85. The summed E-state index contributed by atoms with van der Waals surface area (Å²) < 4.78 is 26.6. The number of hydrogen-bond donors (Lipinski definition) is 1. The molecule has 0 saturated carbocycles. The Bertz CT molecular complexity index is 652. The largest absolute Gasteiger partial charge is 0.318 e. The Hall–Kier alpha value is -1.53. The molecule has 2 rings (SSSR count). The molecule has 2 aromatic rings. The first kappa shape index (κ1) is 13.9. The Morgan fingerprint density at radius 3 is 2.68 bits per heavy atom. The van der Waals surface area contributed by atoms with Gasteiger partial charge in [0, 0.05) is 6.07 Å². The van der Waals surface area contributed by atoms with Crippen molar-refractivity contribution in [3.05, 3.63) is 57.3 Å². The van der Waals surface area contributed by atoms with E-state index < -0.39 is 17.5 Å². The van der Waals surface area contributed by atoms with Gasteiger partial charge in [0.15, 0.2) is 0 Å². The summed E-state index contributed by atoms with van der Waals surface area (Å²) in [6.45, 7) is 0. The number of hydrogen-bond acceptors (Lipinski definition) is 2. The molecule has 19 heavy (non-hydrogen) atoms. The zero-order valence-corrected chi connectivity index (χ0v) is 11.6. The molecule has 1 aromatic carbocycles. The monoisotopic (exact) mass is 346 g/mol. The number of carbonyl (C=O) groups is 1. The van der Waals surface area contributed by atoms with Crippen LogP contribution in [0.3, 0.4) is 0 Å². The van der Waals surface area contributed by atoms with Crippen LogP contribution in [0.4, 0.5) is 14.5 Å². The van der Waals surface area contributed by atoms with Crippen molar-refractivity contribution in [2.45, 2.75) is 0 Å². The molecule has 0 radical (unpaired) electrons. The van der Waals surface area contributed by atoms with Crippen LogP contribution in [0.1, 0.15) is 10.5 Å². The van der Waals surface area contributed by atoms with Gasteiger partial charge in [-0.1, -0.05) is 17.7 Å². The van der Waals surface area contributed by atoms with Crippen LogP contribution in [0.25, 0.3) is 0 Å². The highest BCUT2D eigenvalue weighted by atomic mass is 79.9. The average molecular weight is 348 g/mol. The second-order valence-electron chi connectivity index (χ2n) is 3.55. The molecule has 98 valence electrons. The van der Waals surface area contributed by atoms with Gasteiger partial charge in [-0.2, -0.15) is 0 Å². The van der Waals surface area contributed by atoms with Crippen LogP contribution in [0, 0.1) is 11.6 Å². The molecule has 0 aliphatic carbocycles. The highest BCUT2D eigenvalue weighted by Gasteiger charge is 2.13. The van der Waals surface area contributed by atoms with E-state index in [0.717, 1.165) is 6.07 Å². The van der Waals surface area contributed by atoms with E-state index >= 15 is 0 Å². The molecule has 0 aliphatic rings. The van der Waals surface area contributed by atoms with Gasteiger partial charge < -0.3 is 5.32 Å². The third-order valence-electron chi connectivity index (χ3n) is 2.21. The lowest BCUT2D eigenvalue weighted by atomic mass is 10.2. The summed E-state index contributed by atoms with van der Waals surface area (Å²) >= 11 is 8.56. The van der Waals surface area contributed by atoms with Crippen LogP contribution in [0.2, 0.25) is 5.15 Å². The fraction of sp³-hybridized carbons (Fsp3) is 0. The molecule has 3 nitrogen and oxygen atoms in total. The number of benzene rings is 1. The molecular weight excluding hydrogens is 341 g/mol. The Balaban J connectivity index is 2.27. The van der Waals surface area contributed by atoms with E-state index in [-0.39, 0.29) is 21.0 Å². The average Bonchev–Trinajstić information content (AvgIpc) is 2.36. The molecular formula is C12H6BrClF2N2O. The van der Waals surface area contributed by atoms with Crippen molar-refractivity contribution in [1.82, 2.24) is 4.98 Å². The highest BCUT2D eigenvalue weighted by Crippen LogP contribution is 2.24. The van der Waals surface area contributed by atoms with E-state index in [1.165, 1.54) is 12.1 Å². The standard InChI is InChI=1S/C12H6BrClF2N2O/c13-6-4-10(8(16)5-7(6)15)18-12(19)9-2-1-3-11(14)17-9/h1-5H,(H,18,19). The number of rotatable bonds is 2. The van der Waals surface area contributed by atoms with Crippen molar-refractivity contribution in [1.29, 1.82) is 0 Å². The molecule has 0 bridgehead atoms. The summed E-state index contributed by atoms with van der Waals surface area (Å²) in [6, 6.07) is 6.28. The van der Waals surface area contributed by atoms with Crippen molar-refractivity contribution in [3.8, 4) is 0 Å². The molecule has 7 heteroatoms. The molecule has 1 aromatic heterocycles. The summed E-state index contributed by atoms with van der Waals surface area (Å²) in [4.78, 5) is 15.6. The number of halogens is 4. The van der Waals surface area contributed by atoms with Crippen molar-refractivity contribution in [3.63, 3.8) is 0 Å². The molecule has 0 saturated heterocycles. The van der Waals surface area contributed by atoms with Crippen LogP contribution >= 0.6 is 27.5 Å². The molecule has 1 amide bonds. The first-order chi connectivity index (χ1) is 8.97. The van der Waals surface area contributed by atoms with Gasteiger partial charge in [0.1, 0.15) is 22.5 Å². The Labute approximate surface area is 120 Å². The minimum atomic E-state index is -0.879. The molecule has 0 fully saturated rings. The first-order valence-corrected chi connectivity index (χ1v) is 6.23. The zero-order chi connectivity index (χ0) is 14.0. The topological polar surface area (TPSA) is 42.0 Å². The van der Waals surface area contributed by atoms with E-state index in [4.69, 9.17) is 11.6 Å². The van der Waals surface area contributed by atoms with Crippen molar-refractivity contribution in [2.75, 3.05) is 5.32 Å². The van der Waals surface area contributed by atoms with Crippen molar-refractivity contribution in [2.24, 2.45) is 0 Å². The van der Waals surface area contributed by atoms with Crippen LogP contribution in [0.15, 0.2) is 34.8 Å². The number of nitrogens with one attached hydrogen (secondary N) is 1. The highest BCUT2D eigenvalue weighted by molar-refractivity contribution is 9.10. The maximum Gasteiger partial charge on any atom is 0.274 e. The maximum atomic E-state index is 13.5. The van der Waals surface area contributed by atoms with Gasteiger partial charge in [-0.3, -0.25) is 4.79 Å². The van der Waals surface area contributed by atoms with Gasteiger partial charge in [-0.15, -0.1) is 0 Å². The van der Waals surface area contributed by atoms with E-state index in [0.29, 0.717) is 6.07 Å². The predicted molar refractivity (Wildman–Crippen MR) is 71.3 cm³/mol. The summed E-state index contributed by atoms with van der Waals surface area (Å²) in [5, 5.41) is 2.44. The number of pyridine rings is 1. The van der Waals surface area contributed by atoms with Crippen LogP contribution < -0.4 is 5.32 Å². The van der Waals surface area contributed by atoms with Gasteiger partial charge >= 0.3 is 0 Å². The molecule has 0 aliphatic heterocycles. The first-order valence-electron chi connectivity index (χ1n) is 5.06. The molecule has 0 atom stereocenters. The predicted octanol–water partition coefficient (Wildman–Crippen LogP) is 4.03. The van der Waals surface area contributed by atoms with Gasteiger partial charge in [-0.25, -0.2) is 13.8 Å². The number of amides is 1. The summed E-state index contributed by atoms with van der Waals surface area (Å²) in [5.74, 6) is -2.27. The number of carbonyl (C=O) groups excluding carboxylic acids is 1. The van der Waals surface area contributed by atoms with Crippen LogP contribution in [0.5, 0.6) is 0 Å². The molecule has 1 heterocycles. The van der Waals surface area contributed by atoms with E-state index in [1.807, 2.05) is 0 Å². The Kier molecular flexibility index (Phi) is 4.11. The minimum absolute atomic E-state index is 0.0346. The van der Waals surface area contributed by atoms with Gasteiger partial charge in [0.2, 0.25) is 0 Å². The van der Waals surface area contributed by atoms with Gasteiger partial charge in [-0.05, 0) is 34.1 Å². The Morgan fingerprint density at radius 2 is 2.00 bits per heavy atom. The zero-order valence-electron chi connectivity index (χ0n) is 9.25. The van der Waals surface area contributed by atoms with E-state index in [9.17, 15) is 13.6 Å². The minimum Gasteiger partial charge on any atom is -0.318 e. The molecule has 0 unspecified atom stereocenters. The summed E-state index contributed by atoms with van der Waals surface area (Å²) in [6.07, 6.45) is 0. The summed E-state index contributed by atoms with van der Waals surface area (Å²) in [7, 11) is 0. The lowest BCUT2D eigenvalue weighted by molar-refractivity contribution is 0.102. The second kappa shape index (κ2) is 5.63. The fourth-order valence-electron chi connectivity index (χ4n) is 1.34. The number of anilines is 1. The van der Waals surface area contributed by atoms with Crippen LogP contribution in [-0.2, 0) is 0 Å². The maximum absolute atomic E-state index is 13.5. The molecule has 0 spiro atoms. The second-order valence-corrected chi connectivity index (χ2v) is 4.79. The lowest BCUT2D eigenvalue weighted by Gasteiger charge is -2.07. The van der Waals surface area contributed by atoms with Gasteiger partial charge in [0.05, 0.1) is 10.2 Å². The smallest absolute Gasteiger partial charge is 0.274 e. The van der Waals surface area contributed by atoms with Crippen molar-refractivity contribution >= 4 is 39.1 Å². The Morgan fingerprint density at radius 1 is 1.26 bits per heavy atom. The van der Waals surface area contributed by atoms with Gasteiger partial charge in [0.25, 0.3) is 5.91 Å². The normalized spacial score (nSPS) is 10.3. The van der Waals surface area contributed by atoms with Crippen molar-refractivity contribution < 1.29 is 13.6 Å². The quantitative estimate of drug-likeness (QED) is 0.658. The third-order valence-corrected chi connectivity index (χ3v) is 3.02. The SMILES string of the molecule is O=C(Nc1cc(Br)c(F)cc1F)c1cccc(Cl)n1. The van der Waals surface area contributed by atoms with E-state index in [2.05, 4.69) is 26.2 Å². The molecule has 1 N–H and O–H groups in total. The number of aromatic nitrogens is 1. The summed E-state index contributed by atoms with van der Waals surface area (Å²) in [5.41, 5.74) is -0.118.